The van der Waals surface area contributed by atoms with Crippen LogP contribution in [0.3, 0.4) is 0 Å². The molecule has 15 heteroatoms. The maximum Gasteiger partial charge on any atom is 0.294 e. The summed E-state index contributed by atoms with van der Waals surface area (Å²) in [5.41, 5.74) is 5.81. The van der Waals surface area contributed by atoms with Gasteiger partial charge in [0.25, 0.3) is 15.6 Å². The maximum atomic E-state index is 12.8. The first-order valence-corrected chi connectivity index (χ1v) is 12.6. The molecular weight excluding hydrogens is 524 g/mol. The van der Waals surface area contributed by atoms with Crippen molar-refractivity contribution in [2.75, 3.05) is 17.6 Å². The molecule has 5 rings (SSSR count). The largest absolute Gasteiger partial charge is 0.495 e. The topological polar surface area (TPSA) is 206 Å². The number of H-pyrrole nitrogens is 1. The van der Waals surface area contributed by atoms with Crippen molar-refractivity contribution >= 4 is 38.6 Å². The van der Waals surface area contributed by atoms with Gasteiger partial charge in [0.1, 0.15) is 28.9 Å². The average molecular weight is 543 g/mol. The van der Waals surface area contributed by atoms with E-state index in [1.54, 1.807) is 30.3 Å². The number of hydrogen-bond donors (Lipinski definition) is 3. The number of anilines is 2. The molecule has 0 saturated heterocycles. The molecule has 0 amide bonds. The number of ether oxygens (including phenoxy) is 1. The Labute approximate surface area is 220 Å². The standard InChI is InChI=1S/C24H18N10O4S/c1-38-18-6-3-2-5-17(18)33-39(36,37)15-9-7-14(8-10-15)30-31-19-23-29-21(26)16(13-25)20(34(23)32-24(19)35)22-27-11-4-12-28-22/h2-12,33H,1H3,(H2,26,29)(H,32,35). The van der Waals surface area contributed by atoms with Gasteiger partial charge < -0.3 is 10.5 Å². The molecule has 0 saturated carbocycles. The molecule has 0 unspecified atom stereocenters. The highest BCUT2D eigenvalue weighted by Gasteiger charge is 2.22. The average Bonchev–Trinajstić information content (AvgIpc) is 3.25. The lowest BCUT2D eigenvalue weighted by Crippen LogP contribution is -2.13. The van der Waals surface area contributed by atoms with Gasteiger partial charge in [0.2, 0.25) is 0 Å². The molecule has 0 fully saturated rings. The molecule has 0 aliphatic rings. The second-order valence-electron chi connectivity index (χ2n) is 7.85. The van der Waals surface area contributed by atoms with E-state index in [1.807, 2.05) is 6.07 Å². The van der Waals surface area contributed by atoms with E-state index >= 15 is 0 Å². The van der Waals surface area contributed by atoms with Gasteiger partial charge in [0, 0.05) is 12.4 Å². The third-order valence-electron chi connectivity index (χ3n) is 5.45. The maximum absolute atomic E-state index is 12.8. The van der Waals surface area contributed by atoms with Crippen LogP contribution < -0.4 is 20.8 Å². The van der Waals surface area contributed by atoms with Crippen molar-refractivity contribution in [3.63, 3.8) is 0 Å². The molecule has 0 aliphatic carbocycles. The van der Waals surface area contributed by atoms with Gasteiger partial charge in [0.15, 0.2) is 17.2 Å². The smallest absolute Gasteiger partial charge is 0.294 e. The number of hydrogen-bond acceptors (Lipinski definition) is 11. The Morgan fingerprint density at radius 2 is 1.79 bits per heavy atom. The normalized spacial score (nSPS) is 11.5. The summed E-state index contributed by atoms with van der Waals surface area (Å²) in [5.74, 6) is 0.364. The summed E-state index contributed by atoms with van der Waals surface area (Å²) in [6.45, 7) is 0. The molecule has 194 valence electrons. The van der Waals surface area contributed by atoms with Crippen molar-refractivity contribution in [2.45, 2.75) is 4.90 Å². The first-order valence-electron chi connectivity index (χ1n) is 11.1. The lowest BCUT2D eigenvalue weighted by atomic mass is 10.2. The highest BCUT2D eigenvalue weighted by Crippen LogP contribution is 2.29. The molecule has 39 heavy (non-hydrogen) atoms. The number of nitrogens with one attached hydrogen (secondary N) is 2. The van der Waals surface area contributed by atoms with Gasteiger partial charge in [-0.25, -0.2) is 27.9 Å². The summed E-state index contributed by atoms with van der Waals surface area (Å²) < 4.78 is 34.5. The van der Waals surface area contributed by atoms with Crippen LogP contribution in [0.2, 0.25) is 0 Å². The van der Waals surface area contributed by atoms with Crippen LogP contribution in [0.4, 0.5) is 22.9 Å². The Balaban J connectivity index is 1.48. The van der Waals surface area contributed by atoms with Crippen LogP contribution >= 0.6 is 0 Å². The number of nitrogen functional groups attached to an aromatic ring is 1. The Morgan fingerprint density at radius 1 is 1.08 bits per heavy atom. The van der Waals surface area contributed by atoms with Crippen LogP contribution in [0.1, 0.15) is 5.56 Å². The van der Waals surface area contributed by atoms with Crippen LogP contribution in [0, 0.1) is 11.3 Å². The van der Waals surface area contributed by atoms with Gasteiger partial charge in [-0.1, -0.05) is 12.1 Å². The van der Waals surface area contributed by atoms with Gasteiger partial charge >= 0.3 is 0 Å². The van der Waals surface area contributed by atoms with Crippen LogP contribution in [0.15, 0.2) is 86.9 Å². The minimum absolute atomic E-state index is 0.00269. The summed E-state index contributed by atoms with van der Waals surface area (Å²) in [5, 5.41) is 20.2. The molecule has 0 aliphatic heterocycles. The number of para-hydroxylation sites is 2. The molecule has 0 spiro atoms. The lowest BCUT2D eigenvalue weighted by Gasteiger charge is -2.11. The van der Waals surface area contributed by atoms with Gasteiger partial charge in [-0.2, -0.15) is 10.4 Å². The Hall–Kier alpha value is -5.62. The van der Waals surface area contributed by atoms with Gasteiger partial charge in [-0.05, 0) is 42.5 Å². The zero-order valence-corrected chi connectivity index (χ0v) is 20.9. The number of nitrogens with zero attached hydrogens (tertiary/aromatic N) is 7. The van der Waals surface area contributed by atoms with E-state index in [9.17, 15) is 18.5 Å². The number of benzene rings is 2. The number of rotatable bonds is 7. The van der Waals surface area contributed by atoms with Gasteiger partial charge in [-0.3, -0.25) is 14.6 Å². The first-order chi connectivity index (χ1) is 18.8. The highest BCUT2D eigenvalue weighted by molar-refractivity contribution is 7.92. The van der Waals surface area contributed by atoms with E-state index in [1.165, 1.54) is 48.3 Å². The van der Waals surface area contributed by atoms with Crippen LogP contribution in [0.25, 0.3) is 17.2 Å². The first kappa shape index (κ1) is 25.0. The molecule has 0 radical (unpaired) electrons. The monoisotopic (exact) mass is 542 g/mol. The SMILES string of the molecule is COc1ccccc1NS(=O)(=O)c1ccc(N=Nc2c(=O)[nH]n3c(-c4ncccn4)c(C#N)c(N)nc23)cc1. The van der Waals surface area contributed by atoms with Crippen molar-refractivity contribution < 1.29 is 13.2 Å². The Kier molecular flexibility index (Phi) is 6.44. The van der Waals surface area contributed by atoms with Crippen molar-refractivity contribution in [1.82, 2.24) is 24.6 Å². The lowest BCUT2D eigenvalue weighted by molar-refractivity contribution is 0.417. The van der Waals surface area contributed by atoms with Gasteiger partial charge in [-0.15, -0.1) is 5.11 Å². The van der Waals surface area contributed by atoms with Crippen molar-refractivity contribution in [3.8, 4) is 23.3 Å². The van der Waals surface area contributed by atoms with Crippen molar-refractivity contribution in [3.05, 3.63) is 82.9 Å². The minimum atomic E-state index is -3.92. The van der Waals surface area contributed by atoms with Crippen LogP contribution in [-0.4, -0.2) is 40.1 Å². The second kappa shape index (κ2) is 10.0. The number of nitrogens with two attached hydrogens (primary N) is 1. The number of fused-ring (bicyclic) bond motifs is 1. The summed E-state index contributed by atoms with van der Waals surface area (Å²) in [6.07, 6.45) is 2.95. The molecule has 3 aromatic heterocycles. The van der Waals surface area contributed by atoms with E-state index in [0.29, 0.717) is 5.75 Å². The van der Waals surface area contributed by atoms with E-state index in [2.05, 4.69) is 35.0 Å². The zero-order valence-electron chi connectivity index (χ0n) is 20.1. The number of aromatic amines is 1. The molecule has 14 nitrogen and oxygen atoms in total. The van der Waals surface area contributed by atoms with E-state index < -0.39 is 15.6 Å². The molecule has 2 aromatic carbocycles. The summed E-state index contributed by atoms with van der Waals surface area (Å²) in [7, 11) is -2.48. The number of nitriles is 1. The fourth-order valence-corrected chi connectivity index (χ4v) is 4.72. The van der Waals surface area contributed by atoms with Crippen molar-refractivity contribution in [2.24, 2.45) is 10.2 Å². The molecule has 0 bridgehead atoms. The number of azo groups is 1. The summed E-state index contributed by atoms with van der Waals surface area (Å²) in [4.78, 5) is 25.1. The van der Waals surface area contributed by atoms with Crippen LogP contribution in [-0.2, 0) is 10.0 Å². The molecule has 0 atom stereocenters. The Morgan fingerprint density at radius 3 is 2.49 bits per heavy atom. The van der Waals surface area contributed by atoms with Crippen LogP contribution in [0.5, 0.6) is 5.75 Å². The van der Waals surface area contributed by atoms with Gasteiger partial charge in [0.05, 0.1) is 23.4 Å². The quantitative estimate of drug-likeness (QED) is 0.258. The van der Waals surface area contributed by atoms with E-state index in [-0.39, 0.29) is 50.5 Å². The Bertz CT molecular complexity index is 1930. The summed E-state index contributed by atoms with van der Waals surface area (Å²) >= 11 is 0. The van der Waals surface area contributed by atoms with E-state index in [0.717, 1.165) is 0 Å². The minimum Gasteiger partial charge on any atom is -0.495 e. The number of aromatic nitrogens is 5. The van der Waals surface area contributed by atoms with E-state index in [4.69, 9.17) is 10.5 Å². The van der Waals surface area contributed by atoms with Crippen molar-refractivity contribution in [1.29, 1.82) is 5.26 Å². The molecular formula is C24H18N10O4S. The predicted octanol–water partition coefficient (Wildman–Crippen LogP) is 3.16. The number of sulfonamides is 1. The fraction of sp³-hybridized carbons (Fsp3) is 0.0417. The number of methoxy groups -OCH3 is 1. The third-order valence-corrected chi connectivity index (χ3v) is 6.83. The summed E-state index contributed by atoms with van der Waals surface area (Å²) in [6, 6.07) is 15.7. The third kappa shape index (κ3) is 4.74. The molecule has 3 heterocycles. The molecule has 5 aromatic rings. The predicted molar refractivity (Wildman–Crippen MR) is 140 cm³/mol. The molecule has 4 N–H and O–H groups in total. The zero-order chi connectivity index (χ0) is 27.6. The highest BCUT2D eigenvalue weighted by atomic mass is 32.2. The second-order valence-corrected chi connectivity index (χ2v) is 9.54. The fourth-order valence-electron chi connectivity index (χ4n) is 3.65.